The molecule has 0 unspecified atom stereocenters. The van der Waals surface area contributed by atoms with Gasteiger partial charge in [-0.2, -0.15) is 11.3 Å². The summed E-state index contributed by atoms with van der Waals surface area (Å²) in [7, 11) is 0. The van der Waals surface area contributed by atoms with Gasteiger partial charge in [0.05, 0.1) is 0 Å². The Kier molecular flexibility index (Phi) is 4.29. The van der Waals surface area contributed by atoms with Crippen molar-refractivity contribution in [3.8, 4) is 11.1 Å². The zero-order valence-electron chi connectivity index (χ0n) is 9.87. The third-order valence-electron chi connectivity index (χ3n) is 2.64. The van der Waals surface area contributed by atoms with Crippen molar-refractivity contribution in [3.63, 3.8) is 0 Å². The zero-order chi connectivity index (χ0) is 12.1. The molecule has 0 fully saturated rings. The van der Waals surface area contributed by atoms with Crippen LogP contribution >= 0.6 is 11.3 Å². The lowest BCUT2D eigenvalue weighted by Gasteiger charge is -2.05. The molecule has 3 heteroatoms. The number of hydrogen-bond acceptors (Lipinski definition) is 2. The molecule has 1 aromatic heterocycles. The van der Waals surface area contributed by atoms with E-state index in [-0.39, 0.29) is 5.82 Å². The van der Waals surface area contributed by atoms with Crippen LogP contribution in [0.3, 0.4) is 0 Å². The molecule has 0 saturated carbocycles. The number of thiophene rings is 1. The van der Waals surface area contributed by atoms with Gasteiger partial charge in [0.1, 0.15) is 5.82 Å². The first-order valence-corrected chi connectivity index (χ1v) is 6.77. The van der Waals surface area contributed by atoms with Crippen molar-refractivity contribution < 1.29 is 4.39 Å². The quantitative estimate of drug-likeness (QED) is 0.788. The van der Waals surface area contributed by atoms with E-state index in [1.807, 2.05) is 12.1 Å². The molecule has 1 heterocycles. The zero-order valence-corrected chi connectivity index (χ0v) is 10.7. The van der Waals surface area contributed by atoms with Gasteiger partial charge in [0.25, 0.3) is 0 Å². The largest absolute Gasteiger partial charge is 0.313 e. The third-order valence-corrected chi connectivity index (χ3v) is 3.43. The molecule has 0 aliphatic carbocycles. The molecule has 90 valence electrons. The molecule has 0 aliphatic heterocycles. The smallest absolute Gasteiger partial charge is 0.123 e. The van der Waals surface area contributed by atoms with Gasteiger partial charge in [0.15, 0.2) is 0 Å². The second-order valence-corrected chi connectivity index (χ2v) is 4.74. The van der Waals surface area contributed by atoms with E-state index in [1.165, 1.54) is 23.3 Å². The number of rotatable bonds is 5. The topological polar surface area (TPSA) is 12.0 Å². The van der Waals surface area contributed by atoms with E-state index in [1.54, 1.807) is 11.3 Å². The normalized spacial score (nSPS) is 10.7. The van der Waals surface area contributed by atoms with Gasteiger partial charge >= 0.3 is 0 Å². The lowest BCUT2D eigenvalue weighted by Crippen LogP contribution is -2.13. The molecule has 2 aromatic rings. The van der Waals surface area contributed by atoms with Crippen LogP contribution in [0.15, 0.2) is 35.0 Å². The molecule has 0 bridgehead atoms. The van der Waals surface area contributed by atoms with Crippen molar-refractivity contribution in [3.05, 3.63) is 46.4 Å². The lowest BCUT2D eigenvalue weighted by molar-refractivity contribution is 0.628. The van der Waals surface area contributed by atoms with Crippen molar-refractivity contribution >= 4 is 11.3 Å². The van der Waals surface area contributed by atoms with Crippen molar-refractivity contribution in [1.29, 1.82) is 0 Å². The molecule has 0 spiro atoms. The average Bonchev–Trinajstić information content (AvgIpc) is 2.79. The molecule has 2 rings (SSSR count). The van der Waals surface area contributed by atoms with E-state index in [0.717, 1.165) is 25.1 Å². The van der Waals surface area contributed by atoms with Crippen LogP contribution in [0.25, 0.3) is 11.1 Å². The van der Waals surface area contributed by atoms with Gasteiger partial charge in [-0.05, 0) is 52.5 Å². The first-order valence-electron chi connectivity index (χ1n) is 5.83. The van der Waals surface area contributed by atoms with Crippen LogP contribution in [-0.4, -0.2) is 6.54 Å². The second-order valence-electron chi connectivity index (χ2n) is 3.99. The minimum atomic E-state index is -0.186. The Balaban J connectivity index is 2.15. The van der Waals surface area contributed by atoms with Crippen LogP contribution in [0.4, 0.5) is 4.39 Å². The summed E-state index contributed by atoms with van der Waals surface area (Å²) in [6.45, 7) is 4.06. The summed E-state index contributed by atoms with van der Waals surface area (Å²) >= 11 is 1.69. The third kappa shape index (κ3) is 3.14. The van der Waals surface area contributed by atoms with Crippen molar-refractivity contribution in [2.24, 2.45) is 0 Å². The molecule has 17 heavy (non-hydrogen) atoms. The fraction of sp³-hybridized carbons (Fsp3) is 0.286. The lowest BCUT2D eigenvalue weighted by atomic mass is 10.0. The maximum absolute atomic E-state index is 12.9. The summed E-state index contributed by atoms with van der Waals surface area (Å²) < 4.78 is 12.9. The van der Waals surface area contributed by atoms with E-state index in [4.69, 9.17) is 0 Å². The highest BCUT2D eigenvalue weighted by Crippen LogP contribution is 2.27. The maximum atomic E-state index is 12.9. The molecule has 1 nitrogen and oxygen atoms in total. The Hall–Kier alpha value is -1.19. The molecular formula is C14H16FNS. The van der Waals surface area contributed by atoms with Crippen molar-refractivity contribution in [1.82, 2.24) is 5.32 Å². The summed E-state index contributed by atoms with van der Waals surface area (Å²) in [5, 5.41) is 7.67. The molecule has 0 amide bonds. The minimum Gasteiger partial charge on any atom is -0.313 e. The van der Waals surface area contributed by atoms with Gasteiger partial charge in [-0.15, -0.1) is 0 Å². The van der Waals surface area contributed by atoms with Crippen LogP contribution < -0.4 is 5.32 Å². The molecule has 0 atom stereocenters. The van der Waals surface area contributed by atoms with Gasteiger partial charge in [0, 0.05) is 6.54 Å². The van der Waals surface area contributed by atoms with Crippen molar-refractivity contribution in [2.45, 2.75) is 19.9 Å². The summed E-state index contributed by atoms with van der Waals surface area (Å²) in [4.78, 5) is 0. The Morgan fingerprint density at radius 1 is 1.18 bits per heavy atom. The summed E-state index contributed by atoms with van der Waals surface area (Å²) in [5.41, 5.74) is 3.58. The highest BCUT2D eigenvalue weighted by molar-refractivity contribution is 7.08. The number of hydrogen-bond donors (Lipinski definition) is 1. The fourth-order valence-corrected chi connectivity index (χ4v) is 2.61. The molecule has 0 aliphatic rings. The highest BCUT2D eigenvalue weighted by atomic mass is 32.1. The Morgan fingerprint density at radius 2 is 1.94 bits per heavy atom. The average molecular weight is 249 g/mol. The minimum absolute atomic E-state index is 0.186. The number of nitrogens with one attached hydrogen (secondary N) is 1. The van der Waals surface area contributed by atoms with Crippen molar-refractivity contribution in [2.75, 3.05) is 6.54 Å². The van der Waals surface area contributed by atoms with E-state index in [0.29, 0.717) is 0 Å². The van der Waals surface area contributed by atoms with E-state index in [2.05, 4.69) is 23.0 Å². The molecular weight excluding hydrogens is 233 g/mol. The Bertz CT molecular complexity index is 461. The maximum Gasteiger partial charge on any atom is 0.123 e. The molecule has 1 aromatic carbocycles. The Labute approximate surface area is 105 Å². The van der Waals surface area contributed by atoms with Crippen LogP contribution in [0.5, 0.6) is 0 Å². The molecule has 1 N–H and O–H groups in total. The van der Waals surface area contributed by atoms with Crippen LogP contribution in [0.2, 0.25) is 0 Å². The van der Waals surface area contributed by atoms with E-state index in [9.17, 15) is 4.39 Å². The standard InChI is InChI=1S/C14H16FNS/c1-2-7-16-8-12-9-17-10-14(12)11-3-5-13(15)6-4-11/h3-6,9-10,16H,2,7-8H2,1H3. The van der Waals surface area contributed by atoms with Gasteiger partial charge < -0.3 is 5.32 Å². The second kappa shape index (κ2) is 5.94. The Morgan fingerprint density at radius 3 is 2.65 bits per heavy atom. The summed E-state index contributed by atoms with van der Waals surface area (Å²) in [6, 6.07) is 6.69. The highest BCUT2D eigenvalue weighted by Gasteiger charge is 2.06. The van der Waals surface area contributed by atoms with Gasteiger partial charge in [-0.1, -0.05) is 19.1 Å². The van der Waals surface area contributed by atoms with Crippen LogP contribution in [0, 0.1) is 5.82 Å². The first kappa shape index (κ1) is 12.3. The monoisotopic (exact) mass is 249 g/mol. The molecule has 0 radical (unpaired) electrons. The predicted molar refractivity (Wildman–Crippen MR) is 71.7 cm³/mol. The van der Waals surface area contributed by atoms with Gasteiger partial charge in [-0.25, -0.2) is 4.39 Å². The van der Waals surface area contributed by atoms with Crippen LogP contribution in [0.1, 0.15) is 18.9 Å². The summed E-state index contributed by atoms with van der Waals surface area (Å²) in [5.74, 6) is -0.186. The van der Waals surface area contributed by atoms with E-state index < -0.39 is 0 Å². The fourth-order valence-electron chi connectivity index (χ4n) is 1.74. The number of halogens is 1. The number of benzene rings is 1. The summed E-state index contributed by atoms with van der Waals surface area (Å²) in [6.07, 6.45) is 1.13. The predicted octanol–water partition coefficient (Wildman–Crippen LogP) is 4.05. The van der Waals surface area contributed by atoms with Crippen LogP contribution in [-0.2, 0) is 6.54 Å². The SMILES string of the molecule is CCCNCc1cscc1-c1ccc(F)cc1. The van der Waals surface area contributed by atoms with Gasteiger partial charge in [-0.3, -0.25) is 0 Å². The van der Waals surface area contributed by atoms with E-state index >= 15 is 0 Å². The van der Waals surface area contributed by atoms with Gasteiger partial charge in [0.2, 0.25) is 0 Å². The molecule has 0 saturated heterocycles. The first-order chi connectivity index (χ1) is 8.31.